The first-order valence-corrected chi connectivity index (χ1v) is 24.4. The van der Waals surface area contributed by atoms with Gasteiger partial charge in [0.15, 0.2) is 0 Å². The van der Waals surface area contributed by atoms with E-state index in [2.05, 4.69) is 19.6 Å². The average molecular weight is 893 g/mol. The lowest BCUT2D eigenvalue weighted by molar-refractivity contribution is -0.258. The summed E-state index contributed by atoms with van der Waals surface area (Å²) in [6.07, 6.45) is 19.5. The average Bonchev–Trinajstić information content (AvgIpc) is 3.30. The molecule has 3 N–H and O–H groups in total. The summed E-state index contributed by atoms with van der Waals surface area (Å²) in [6.45, 7) is 9.40. The fourth-order valence-electron chi connectivity index (χ4n) is 10.2. The van der Waals surface area contributed by atoms with Crippen molar-refractivity contribution in [2.75, 3.05) is 52.8 Å². The Kier molecular flexibility index (Phi) is 22.1. The lowest BCUT2D eigenvalue weighted by Gasteiger charge is -2.60. The largest absolute Gasteiger partial charge is 0.489 e. The third kappa shape index (κ3) is 13.6. The summed E-state index contributed by atoms with van der Waals surface area (Å²) < 4.78 is 41.4. The van der Waals surface area contributed by atoms with E-state index < -0.39 is 17.7 Å². The Morgan fingerprint density at radius 3 is 2.36 bits per heavy atom. The first-order valence-electron chi connectivity index (χ1n) is 24.4. The molecule has 2 aliphatic carbocycles. The fraction of sp³-hybridized carbons (Fsp3) is 0.654. The van der Waals surface area contributed by atoms with Crippen molar-refractivity contribution < 1.29 is 48.3 Å². The molecule has 6 atom stereocenters. The van der Waals surface area contributed by atoms with Gasteiger partial charge in [-0.2, -0.15) is 0 Å². The van der Waals surface area contributed by atoms with E-state index in [1.807, 2.05) is 30.0 Å². The minimum Gasteiger partial charge on any atom is -0.489 e. The van der Waals surface area contributed by atoms with Gasteiger partial charge in [0.05, 0.1) is 38.1 Å². The number of rotatable bonds is 32. The number of hydrogen-bond donors (Lipinski definition) is 3. The van der Waals surface area contributed by atoms with Crippen LogP contribution in [0.15, 0.2) is 71.9 Å². The van der Waals surface area contributed by atoms with Crippen LogP contribution in [0, 0.1) is 23.6 Å². The second-order valence-electron chi connectivity index (χ2n) is 17.6. The number of benzene rings is 2. The Morgan fingerprint density at radius 2 is 1.66 bits per heavy atom. The molecule has 0 spiro atoms. The number of nitrogens with zero attached hydrogens (tertiary/aromatic N) is 2. The van der Waals surface area contributed by atoms with Crippen molar-refractivity contribution in [3.63, 3.8) is 0 Å². The third-order valence-electron chi connectivity index (χ3n) is 13.2. The lowest BCUT2D eigenvalue weighted by Crippen LogP contribution is -2.70. The van der Waals surface area contributed by atoms with E-state index in [0.717, 1.165) is 68.2 Å². The van der Waals surface area contributed by atoms with Crippen LogP contribution in [0.5, 0.6) is 11.5 Å². The summed E-state index contributed by atoms with van der Waals surface area (Å²) in [6, 6.07) is 11.7. The van der Waals surface area contributed by atoms with Crippen LogP contribution in [-0.2, 0) is 25.7 Å². The second kappa shape index (κ2) is 27.6. The minimum absolute atomic E-state index is 0.0228. The number of oxime groups is 1. The number of fused-ring (bicyclic) bond motifs is 2. The van der Waals surface area contributed by atoms with E-state index in [1.54, 1.807) is 24.3 Å². The predicted octanol–water partition coefficient (Wildman–Crippen LogP) is 9.82. The number of unbranched alkanes of at least 4 members (excludes halogenated alkanes) is 10. The van der Waals surface area contributed by atoms with E-state index in [-0.39, 0.29) is 82.3 Å². The first kappa shape index (κ1) is 51.2. The van der Waals surface area contributed by atoms with Gasteiger partial charge in [0, 0.05) is 49.6 Å². The molecule has 0 bridgehead atoms. The summed E-state index contributed by atoms with van der Waals surface area (Å²) in [7, 11) is 0. The molecule has 1 fully saturated rings. The summed E-state index contributed by atoms with van der Waals surface area (Å²) in [5, 5.41) is 34.3. The number of ether oxygens (including phenoxy) is 4. The molecule has 12 heteroatoms. The molecule has 1 saturated carbocycles. The zero-order valence-corrected chi connectivity index (χ0v) is 38.7. The topological polar surface area (TPSA) is 140 Å². The highest BCUT2D eigenvalue weighted by Gasteiger charge is 2.65. The standard InChI is InChI=1S/C52H77FN2O9/c1-4-7-8-9-10-11-12-13-14-25-49(59)55(28-33-60-34-31-58)48-37-46(54-63-6-3)43-35-39(21-17-19-29-56)42(23-18-20-30-57)50-44-36-41(61-38-40-22-15-16-24-45(40)53)26-27-47(44)64-52(48,51(43)50)62-32-5-2/h5,15-16,22,24,26-27,35-36,39,42,48,50-51,56-58H,2,4,6-14,17-21,23,25,28-34,37-38H2,1,3H3. The van der Waals surface area contributed by atoms with Crippen molar-refractivity contribution >= 4 is 11.6 Å². The minimum atomic E-state index is -1.39. The van der Waals surface area contributed by atoms with Gasteiger partial charge < -0.3 is 44.0 Å². The van der Waals surface area contributed by atoms with Crippen molar-refractivity contribution in [3.05, 3.63) is 83.7 Å². The first-order chi connectivity index (χ1) is 31.4. The molecule has 0 saturated heterocycles. The predicted molar refractivity (Wildman–Crippen MR) is 249 cm³/mol. The van der Waals surface area contributed by atoms with Gasteiger partial charge in [0.1, 0.15) is 36.6 Å². The normalized spacial score (nSPS) is 22.9. The molecule has 0 radical (unpaired) electrons. The number of aliphatic hydroxyl groups is 3. The Morgan fingerprint density at radius 1 is 0.922 bits per heavy atom. The summed E-state index contributed by atoms with van der Waals surface area (Å²) in [5.41, 5.74) is 3.06. The zero-order chi connectivity index (χ0) is 45.6. The molecular formula is C52H77FN2O9. The quantitative estimate of drug-likeness (QED) is 0.0372. The Balaban J connectivity index is 1.63. The van der Waals surface area contributed by atoms with E-state index >= 15 is 0 Å². The third-order valence-corrected chi connectivity index (χ3v) is 13.2. The molecule has 356 valence electrons. The molecule has 3 aliphatic rings. The molecule has 1 amide bonds. The molecule has 0 aromatic heterocycles. The molecule has 5 rings (SSSR count). The van der Waals surface area contributed by atoms with Gasteiger partial charge in [0.25, 0.3) is 0 Å². The van der Waals surface area contributed by atoms with E-state index in [9.17, 15) is 24.5 Å². The maximum Gasteiger partial charge on any atom is 0.239 e. The summed E-state index contributed by atoms with van der Waals surface area (Å²) >= 11 is 0. The second-order valence-corrected chi connectivity index (χ2v) is 17.6. The van der Waals surface area contributed by atoms with Crippen LogP contribution in [0.3, 0.4) is 0 Å². The molecule has 6 unspecified atom stereocenters. The van der Waals surface area contributed by atoms with Crippen molar-refractivity contribution in [1.29, 1.82) is 0 Å². The number of carbonyl (C=O) groups excluding carboxylic acids is 1. The molecule has 2 aromatic rings. The molecule has 1 aliphatic heterocycles. The van der Waals surface area contributed by atoms with Gasteiger partial charge in [0.2, 0.25) is 11.7 Å². The van der Waals surface area contributed by atoms with Gasteiger partial charge >= 0.3 is 0 Å². The summed E-state index contributed by atoms with van der Waals surface area (Å²) in [4.78, 5) is 22.6. The molecule has 11 nitrogen and oxygen atoms in total. The van der Waals surface area contributed by atoms with E-state index in [4.69, 9.17) is 28.9 Å². The Hall–Kier alpha value is -3.81. The highest BCUT2D eigenvalue weighted by atomic mass is 19.1. The number of amides is 1. The summed E-state index contributed by atoms with van der Waals surface area (Å²) in [5.74, 6) is -1.14. The number of halogens is 1. The van der Waals surface area contributed by atoms with E-state index in [0.29, 0.717) is 49.4 Å². The Bertz CT molecular complexity index is 1770. The van der Waals surface area contributed by atoms with Crippen molar-refractivity contribution in [1.82, 2.24) is 4.90 Å². The fourth-order valence-corrected chi connectivity index (χ4v) is 10.2. The Labute approximate surface area is 382 Å². The van der Waals surface area contributed by atoms with Gasteiger partial charge in [-0.1, -0.05) is 107 Å². The van der Waals surface area contributed by atoms with Crippen LogP contribution in [0.1, 0.15) is 140 Å². The molecule has 64 heavy (non-hydrogen) atoms. The maximum absolute atomic E-state index is 14.8. The highest BCUT2D eigenvalue weighted by Crippen LogP contribution is 2.62. The van der Waals surface area contributed by atoms with Crippen LogP contribution < -0.4 is 9.47 Å². The van der Waals surface area contributed by atoms with Crippen LogP contribution >= 0.6 is 0 Å². The van der Waals surface area contributed by atoms with Crippen LogP contribution in [0.25, 0.3) is 0 Å². The number of hydrogen-bond acceptors (Lipinski definition) is 10. The van der Waals surface area contributed by atoms with Crippen LogP contribution in [0.2, 0.25) is 0 Å². The number of carbonyl (C=O) groups is 1. The van der Waals surface area contributed by atoms with Crippen molar-refractivity contribution in [3.8, 4) is 11.5 Å². The van der Waals surface area contributed by atoms with Gasteiger partial charge in [-0.05, 0) is 80.7 Å². The number of aliphatic hydroxyl groups excluding tert-OH is 3. The SMILES string of the molecule is C=CCOC12Oc3ccc(OCc4ccccc4F)cc3C3C(CCCCO)C(CCCCO)C=C(C(=NOCC)CC1N(CCOCCO)C(=O)CCCCCCCCCCC)C32. The van der Waals surface area contributed by atoms with Gasteiger partial charge in [-0.3, -0.25) is 4.79 Å². The van der Waals surface area contributed by atoms with Crippen LogP contribution in [0.4, 0.5) is 4.39 Å². The van der Waals surface area contributed by atoms with Crippen LogP contribution in [-0.4, -0.2) is 96.5 Å². The van der Waals surface area contributed by atoms with Gasteiger partial charge in [-0.15, -0.1) is 6.58 Å². The van der Waals surface area contributed by atoms with E-state index in [1.165, 1.54) is 38.2 Å². The smallest absolute Gasteiger partial charge is 0.239 e. The zero-order valence-electron chi connectivity index (χ0n) is 38.7. The van der Waals surface area contributed by atoms with Crippen molar-refractivity contribution in [2.45, 2.75) is 147 Å². The van der Waals surface area contributed by atoms with Crippen molar-refractivity contribution in [2.24, 2.45) is 22.9 Å². The maximum atomic E-state index is 14.8. The lowest BCUT2D eigenvalue weighted by atomic mass is 9.55. The molecule has 2 aromatic carbocycles. The van der Waals surface area contributed by atoms with Gasteiger partial charge in [-0.25, -0.2) is 4.39 Å². The molecule has 1 heterocycles. The highest BCUT2D eigenvalue weighted by molar-refractivity contribution is 6.03. The monoisotopic (exact) mass is 893 g/mol. The number of allylic oxidation sites excluding steroid dienone is 1. The molecular weight excluding hydrogens is 816 g/mol.